The Kier molecular flexibility index (Phi) is 5.99. The largest absolute Gasteiger partial charge is 0.373 e. The van der Waals surface area contributed by atoms with Crippen LogP contribution in [-0.4, -0.2) is 53.2 Å². The highest BCUT2D eigenvalue weighted by molar-refractivity contribution is 7.17. The number of rotatable bonds is 5. The second kappa shape index (κ2) is 8.09. The highest BCUT2D eigenvalue weighted by Gasteiger charge is 2.33. The number of aromatic nitrogens is 1. The van der Waals surface area contributed by atoms with Gasteiger partial charge in [0.25, 0.3) is 5.91 Å². The van der Waals surface area contributed by atoms with E-state index in [2.05, 4.69) is 42.9 Å². The molecular formula is C21H29N3O2S. The summed E-state index contributed by atoms with van der Waals surface area (Å²) in [4.78, 5) is 20.5. The van der Waals surface area contributed by atoms with Crippen LogP contribution in [0.25, 0.3) is 10.6 Å². The van der Waals surface area contributed by atoms with Crippen LogP contribution >= 0.6 is 11.3 Å². The summed E-state index contributed by atoms with van der Waals surface area (Å²) in [5.74, 6) is -0.0467. The number of morpholine rings is 1. The van der Waals surface area contributed by atoms with Crippen LogP contribution in [0.15, 0.2) is 30.3 Å². The predicted octanol–water partition coefficient (Wildman–Crippen LogP) is 3.74. The molecule has 2 unspecified atom stereocenters. The zero-order chi connectivity index (χ0) is 19.6. The summed E-state index contributed by atoms with van der Waals surface area (Å²) < 4.78 is 5.83. The molecular weight excluding hydrogens is 358 g/mol. The fraction of sp³-hybridized carbons (Fsp3) is 0.524. The van der Waals surface area contributed by atoms with Crippen molar-refractivity contribution in [3.63, 3.8) is 0 Å². The van der Waals surface area contributed by atoms with Gasteiger partial charge in [-0.2, -0.15) is 0 Å². The Morgan fingerprint density at radius 1 is 1.26 bits per heavy atom. The number of benzene rings is 1. The molecule has 1 aliphatic heterocycles. The van der Waals surface area contributed by atoms with Gasteiger partial charge in [0.2, 0.25) is 0 Å². The molecule has 2 atom stereocenters. The van der Waals surface area contributed by atoms with Crippen molar-refractivity contribution < 1.29 is 9.53 Å². The third-order valence-corrected chi connectivity index (χ3v) is 6.19. The second-order valence-corrected chi connectivity index (χ2v) is 8.96. The summed E-state index contributed by atoms with van der Waals surface area (Å²) in [7, 11) is 0. The number of thiazole rings is 1. The van der Waals surface area contributed by atoms with Gasteiger partial charge in [-0.25, -0.2) is 4.98 Å². The lowest BCUT2D eigenvalue weighted by Crippen LogP contribution is -2.58. The van der Waals surface area contributed by atoms with Crippen molar-refractivity contribution in [2.45, 2.75) is 52.4 Å². The molecule has 0 bridgehead atoms. The topological polar surface area (TPSA) is 54.5 Å². The normalized spacial score (nSPS) is 21.2. The molecule has 5 nitrogen and oxygen atoms in total. The smallest absolute Gasteiger partial charge is 0.263 e. The third-order valence-electron chi connectivity index (χ3n) is 4.98. The quantitative estimate of drug-likeness (QED) is 0.849. The first-order chi connectivity index (χ1) is 12.8. The van der Waals surface area contributed by atoms with Crippen LogP contribution < -0.4 is 5.32 Å². The highest BCUT2D eigenvalue weighted by Crippen LogP contribution is 2.28. The van der Waals surface area contributed by atoms with Gasteiger partial charge in [0, 0.05) is 30.7 Å². The maximum Gasteiger partial charge on any atom is 0.263 e. The van der Waals surface area contributed by atoms with Crippen molar-refractivity contribution in [2.75, 3.05) is 19.6 Å². The fourth-order valence-corrected chi connectivity index (χ4v) is 4.46. The molecule has 1 amide bonds. The highest BCUT2D eigenvalue weighted by atomic mass is 32.1. The first kappa shape index (κ1) is 20.0. The molecule has 1 fully saturated rings. The Balaban J connectivity index is 1.66. The summed E-state index contributed by atoms with van der Waals surface area (Å²) in [6, 6.07) is 9.98. The van der Waals surface area contributed by atoms with Crippen molar-refractivity contribution >= 4 is 17.2 Å². The Bertz CT molecular complexity index is 778. The number of hydrogen-bond donors (Lipinski definition) is 1. The maximum absolute atomic E-state index is 12.8. The van der Waals surface area contributed by atoms with Crippen molar-refractivity contribution in [3.05, 3.63) is 40.9 Å². The van der Waals surface area contributed by atoms with E-state index in [0.29, 0.717) is 11.4 Å². The number of ether oxygens (including phenoxy) is 1. The minimum Gasteiger partial charge on any atom is -0.373 e. The average Bonchev–Trinajstić information content (AvgIpc) is 3.01. The number of nitrogens with one attached hydrogen (secondary N) is 1. The van der Waals surface area contributed by atoms with E-state index < -0.39 is 0 Å². The fourth-order valence-electron chi connectivity index (χ4n) is 3.47. The molecule has 1 N–H and O–H groups in total. The van der Waals surface area contributed by atoms with Gasteiger partial charge in [-0.3, -0.25) is 9.69 Å². The van der Waals surface area contributed by atoms with E-state index in [9.17, 15) is 4.79 Å². The molecule has 2 heterocycles. The summed E-state index contributed by atoms with van der Waals surface area (Å²) in [6.45, 7) is 12.8. The van der Waals surface area contributed by atoms with Crippen LogP contribution in [0.4, 0.5) is 0 Å². The van der Waals surface area contributed by atoms with E-state index in [-0.39, 0.29) is 23.7 Å². The lowest BCUT2D eigenvalue weighted by atomic mass is 10.00. The average molecular weight is 388 g/mol. The van der Waals surface area contributed by atoms with Crippen LogP contribution in [0.1, 0.15) is 43.1 Å². The van der Waals surface area contributed by atoms with Crippen LogP contribution in [0, 0.1) is 6.92 Å². The van der Waals surface area contributed by atoms with Crippen molar-refractivity contribution in [3.8, 4) is 10.6 Å². The van der Waals surface area contributed by atoms with Crippen LogP contribution in [0.3, 0.4) is 0 Å². The number of carbonyl (C=O) groups excluding carboxylic acids is 1. The van der Waals surface area contributed by atoms with Crippen LogP contribution in [0.2, 0.25) is 0 Å². The predicted molar refractivity (Wildman–Crippen MR) is 110 cm³/mol. The monoisotopic (exact) mass is 387 g/mol. The number of aryl methyl sites for hydroxylation is 1. The van der Waals surface area contributed by atoms with E-state index in [1.807, 2.05) is 37.3 Å². The van der Waals surface area contributed by atoms with Crippen molar-refractivity contribution in [2.24, 2.45) is 0 Å². The Hall–Kier alpha value is -1.76. The molecule has 1 saturated heterocycles. The van der Waals surface area contributed by atoms with Gasteiger partial charge in [-0.05, 0) is 34.6 Å². The molecule has 2 aromatic rings. The van der Waals surface area contributed by atoms with Crippen molar-refractivity contribution in [1.82, 2.24) is 15.2 Å². The molecule has 0 aliphatic carbocycles. The van der Waals surface area contributed by atoms with Gasteiger partial charge in [0.1, 0.15) is 9.88 Å². The van der Waals surface area contributed by atoms with E-state index in [0.717, 1.165) is 29.4 Å². The molecule has 1 aromatic carbocycles. The van der Waals surface area contributed by atoms with Gasteiger partial charge in [-0.1, -0.05) is 30.3 Å². The standard InChI is InChI=1S/C21H29N3O2S/c1-14-11-24(12-15(2)26-14)21(4,5)13-22-19(25)18-16(3)23-20(27-18)17-9-7-6-8-10-17/h6-10,14-15H,11-13H2,1-5H3,(H,22,25). The molecule has 0 radical (unpaired) electrons. The van der Waals surface area contributed by atoms with Gasteiger partial charge < -0.3 is 10.1 Å². The number of amides is 1. The van der Waals surface area contributed by atoms with Crippen molar-refractivity contribution in [1.29, 1.82) is 0 Å². The lowest BCUT2D eigenvalue weighted by Gasteiger charge is -2.45. The number of nitrogens with zero attached hydrogens (tertiary/aromatic N) is 2. The summed E-state index contributed by atoms with van der Waals surface area (Å²) in [6.07, 6.45) is 0.418. The number of hydrogen-bond acceptors (Lipinski definition) is 5. The maximum atomic E-state index is 12.8. The van der Waals surface area contributed by atoms with Crippen LogP contribution in [-0.2, 0) is 4.74 Å². The Morgan fingerprint density at radius 2 is 1.89 bits per heavy atom. The van der Waals surface area contributed by atoms with Gasteiger partial charge in [-0.15, -0.1) is 11.3 Å². The van der Waals surface area contributed by atoms with Crippen LogP contribution in [0.5, 0.6) is 0 Å². The van der Waals surface area contributed by atoms with Gasteiger partial charge in [0.05, 0.1) is 17.9 Å². The third kappa shape index (κ3) is 4.75. The molecule has 3 rings (SSSR count). The van der Waals surface area contributed by atoms with E-state index in [1.165, 1.54) is 11.3 Å². The molecule has 146 valence electrons. The zero-order valence-corrected chi connectivity index (χ0v) is 17.6. The SMILES string of the molecule is Cc1nc(-c2ccccc2)sc1C(=O)NCC(C)(C)N1CC(C)OC(C)C1. The summed E-state index contributed by atoms with van der Waals surface area (Å²) in [5, 5.41) is 4.00. The Labute approximate surface area is 165 Å². The first-order valence-corrected chi connectivity index (χ1v) is 10.3. The summed E-state index contributed by atoms with van der Waals surface area (Å²) >= 11 is 1.45. The molecule has 0 spiro atoms. The molecule has 27 heavy (non-hydrogen) atoms. The number of carbonyl (C=O) groups is 1. The zero-order valence-electron chi connectivity index (χ0n) is 16.8. The van der Waals surface area contributed by atoms with Gasteiger partial charge in [0.15, 0.2) is 0 Å². The second-order valence-electron chi connectivity index (χ2n) is 7.96. The van der Waals surface area contributed by atoms with Gasteiger partial charge >= 0.3 is 0 Å². The molecule has 0 saturated carbocycles. The molecule has 1 aliphatic rings. The van der Waals surface area contributed by atoms with E-state index >= 15 is 0 Å². The molecule has 1 aromatic heterocycles. The lowest BCUT2D eigenvalue weighted by molar-refractivity contribution is -0.0948. The molecule has 6 heteroatoms. The summed E-state index contributed by atoms with van der Waals surface area (Å²) in [5.41, 5.74) is 1.69. The first-order valence-electron chi connectivity index (χ1n) is 9.48. The van der Waals surface area contributed by atoms with E-state index in [1.54, 1.807) is 0 Å². The Morgan fingerprint density at radius 3 is 2.52 bits per heavy atom. The minimum absolute atomic E-state index is 0.0467. The minimum atomic E-state index is -0.136. The van der Waals surface area contributed by atoms with E-state index in [4.69, 9.17) is 4.74 Å².